The van der Waals surface area contributed by atoms with E-state index in [0.717, 1.165) is 4.90 Å². The first-order valence-corrected chi connectivity index (χ1v) is 25.4. The van der Waals surface area contributed by atoms with Crippen molar-refractivity contribution < 1.29 is 0 Å². The molecule has 9 aromatic rings. The average molecular weight is 914 g/mol. The van der Waals surface area contributed by atoms with Crippen molar-refractivity contribution in [1.29, 1.82) is 0 Å². The lowest BCUT2D eigenvalue weighted by Crippen LogP contribution is -2.04. The van der Waals surface area contributed by atoms with E-state index < -0.39 is 0 Å². The molecule has 0 fully saturated rings. The minimum absolute atomic E-state index is 0.0786. The van der Waals surface area contributed by atoms with Crippen LogP contribution in [0.2, 0.25) is 0 Å². The summed E-state index contributed by atoms with van der Waals surface area (Å²) in [4.78, 5) is 17.3. The Morgan fingerprint density at radius 1 is 0.262 bits per heavy atom. The molecular formula is C54H41S7+. The normalized spacial score (nSPS) is 10.9. The van der Waals surface area contributed by atoms with E-state index in [4.69, 9.17) is 12.6 Å². The van der Waals surface area contributed by atoms with Crippen molar-refractivity contribution in [2.24, 2.45) is 0 Å². The Labute approximate surface area is 390 Å². The van der Waals surface area contributed by atoms with E-state index in [1.807, 2.05) is 23.5 Å². The van der Waals surface area contributed by atoms with E-state index >= 15 is 0 Å². The summed E-state index contributed by atoms with van der Waals surface area (Å²) in [6.07, 6.45) is 0. The number of benzene rings is 9. The zero-order valence-electron chi connectivity index (χ0n) is 33.0. The van der Waals surface area contributed by atoms with E-state index in [1.165, 1.54) is 63.6 Å². The zero-order valence-corrected chi connectivity index (χ0v) is 38.8. The van der Waals surface area contributed by atoms with Crippen molar-refractivity contribution >= 4 is 82.3 Å². The predicted octanol–water partition coefficient (Wildman–Crippen LogP) is 17.5. The van der Waals surface area contributed by atoms with Gasteiger partial charge in [0, 0.05) is 53.9 Å². The van der Waals surface area contributed by atoms with Crippen LogP contribution >= 0.6 is 71.4 Å². The van der Waals surface area contributed by atoms with Gasteiger partial charge in [-0.3, -0.25) is 0 Å². The summed E-state index contributed by atoms with van der Waals surface area (Å²) >= 11 is 14.0. The van der Waals surface area contributed by atoms with Gasteiger partial charge in [-0.2, -0.15) is 0 Å². The summed E-state index contributed by atoms with van der Waals surface area (Å²) in [6.45, 7) is 0. The van der Waals surface area contributed by atoms with Gasteiger partial charge in [-0.1, -0.05) is 186 Å². The molecule has 0 heterocycles. The third kappa shape index (κ3) is 12.3. The van der Waals surface area contributed by atoms with Gasteiger partial charge in [0.05, 0.1) is 10.9 Å². The molecule has 0 aliphatic rings. The summed E-state index contributed by atoms with van der Waals surface area (Å²) < 4.78 is 0. The van der Waals surface area contributed by atoms with E-state index in [1.54, 1.807) is 35.3 Å². The molecule has 0 aliphatic heterocycles. The fourth-order valence-electron chi connectivity index (χ4n) is 6.17. The predicted molar refractivity (Wildman–Crippen MR) is 268 cm³/mol. The molecule has 0 saturated heterocycles. The Kier molecular flexibility index (Phi) is 15.9. The molecule has 7 heteroatoms. The monoisotopic (exact) mass is 913 g/mol. The highest BCUT2D eigenvalue weighted by atomic mass is 32.2. The molecule has 0 aliphatic carbocycles. The Morgan fingerprint density at radius 3 is 0.967 bits per heavy atom. The topological polar surface area (TPSA) is 0 Å². The molecule has 0 N–H and O–H groups in total. The van der Waals surface area contributed by atoms with Crippen LogP contribution in [0.3, 0.4) is 0 Å². The average Bonchev–Trinajstić information content (AvgIpc) is 3.32. The second-order valence-electron chi connectivity index (χ2n) is 13.4. The van der Waals surface area contributed by atoms with Crippen molar-refractivity contribution in [3.63, 3.8) is 0 Å². The Bertz CT molecular complexity index is 2640. The SMILES string of the molecule is Sc1cc(Sc2ccccc2)c(Sc2ccccc2)c(Sc2ccccc2)c1Sc1ccccc1.c1ccc(Sc2ccc([S+](c3ccccc3)c3ccccc3)cc2)cc1. The molecule has 0 aromatic heterocycles. The first-order valence-electron chi connectivity index (χ1n) is 19.7. The van der Waals surface area contributed by atoms with E-state index in [0.29, 0.717) is 0 Å². The van der Waals surface area contributed by atoms with Crippen LogP contribution in [0, 0.1) is 0 Å². The zero-order chi connectivity index (χ0) is 41.5. The van der Waals surface area contributed by atoms with Crippen LogP contribution in [-0.4, -0.2) is 0 Å². The van der Waals surface area contributed by atoms with Gasteiger partial charge in [0.2, 0.25) is 0 Å². The van der Waals surface area contributed by atoms with Crippen LogP contribution in [0.25, 0.3) is 0 Å². The summed E-state index contributed by atoms with van der Waals surface area (Å²) in [5.74, 6) is 0. The minimum Gasteiger partial charge on any atom is -0.142 e. The Hall–Kier alpha value is -4.57. The Balaban J connectivity index is 0.000000176. The van der Waals surface area contributed by atoms with Crippen LogP contribution in [0.1, 0.15) is 0 Å². The maximum Gasteiger partial charge on any atom is 0.166 e. The maximum atomic E-state index is 5.02. The van der Waals surface area contributed by atoms with Crippen molar-refractivity contribution in [2.75, 3.05) is 0 Å². The second-order valence-corrected chi connectivity index (χ2v) is 21.4. The molecule has 9 rings (SSSR count). The molecular weight excluding hydrogens is 873 g/mol. The molecule has 0 radical (unpaired) electrons. The number of rotatable bonds is 13. The molecule has 9 aromatic carbocycles. The van der Waals surface area contributed by atoms with Crippen molar-refractivity contribution in [3.05, 3.63) is 243 Å². The van der Waals surface area contributed by atoms with Crippen molar-refractivity contribution in [3.8, 4) is 0 Å². The first kappa shape index (κ1) is 43.1. The van der Waals surface area contributed by atoms with E-state index in [9.17, 15) is 0 Å². The second kappa shape index (κ2) is 22.5. The highest BCUT2D eigenvalue weighted by Gasteiger charge is 2.28. The lowest BCUT2D eigenvalue weighted by molar-refractivity contribution is 0.960. The largest absolute Gasteiger partial charge is 0.166 e. The number of thiol groups is 1. The third-order valence-electron chi connectivity index (χ3n) is 8.99. The van der Waals surface area contributed by atoms with Gasteiger partial charge in [0.1, 0.15) is 0 Å². The minimum atomic E-state index is -0.0786. The maximum absolute atomic E-state index is 5.02. The van der Waals surface area contributed by atoms with Gasteiger partial charge in [-0.05, 0) is 115 Å². The molecule has 0 atom stereocenters. The lowest BCUT2D eigenvalue weighted by Gasteiger charge is -2.20. The Morgan fingerprint density at radius 2 is 0.557 bits per heavy atom. The molecule has 0 nitrogen and oxygen atoms in total. The van der Waals surface area contributed by atoms with Crippen molar-refractivity contribution in [2.45, 2.75) is 68.5 Å². The summed E-state index contributed by atoms with van der Waals surface area (Å²) in [6, 6.07) is 85.7. The molecule has 298 valence electrons. The highest BCUT2D eigenvalue weighted by Crippen LogP contribution is 2.52. The molecule has 0 spiro atoms. The highest BCUT2D eigenvalue weighted by molar-refractivity contribution is 8.05. The quantitative estimate of drug-likeness (QED) is 0.0901. The van der Waals surface area contributed by atoms with Gasteiger partial charge in [-0.25, -0.2) is 0 Å². The van der Waals surface area contributed by atoms with Gasteiger partial charge in [0.15, 0.2) is 14.7 Å². The van der Waals surface area contributed by atoms with Gasteiger partial charge < -0.3 is 0 Å². The van der Waals surface area contributed by atoms with Crippen LogP contribution in [0.4, 0.5) is 0 Å². The summed E-state index contributed by atoms with van der Waals surface area (Å²) in [5, 5.41) is 0. The summed E-state index contributed by atoms with van der Waals surface area (Å²) in [5.41, 5.74) is 0. The van der Waals surface area contributed by atoms with E-state index in [-0.39, 0.29) is 10.9 Å². The van der Waals surface area contributed by atoms with Gasteiger partial charge in [-0.15, -0.1) is 12.6 Å². The van der Waals surface area contributed by atoms with Crippen LogP contribution in [-0.2, 0) is 10.9 Å². The molecule has 0 saturated carbocycles. The smallest absolute Gasteiger partial charge is 0.142 e. The van der Waals surface area contributed by atoms with Gasteiger partial charge in [0.25, 0.3) is 0 Å². The first-order chi connectivity index (χ1) is 30.2. The molecule has 0 unspecified atom stereocenters. The van der Waals surface area contributed by atoms with Crippen LogP contribution in [0.5, 0.6) is 0 Å². The standard InChI is InChI=1S/C30H22S5.C24H19S2/c31-26-21-27(32-22-13-5-1-6-14-22)29(34-24-17-9-3-10-18-24)30(35-25-19-11-4-12-20-25)28(26)33-23-15-7-2-8-16-23;1-4-10-20(11-5-1)25-21-16-18-24(19-17-21)26(22-12-6-2-7-13-22)23-14-8-3-9-15-23/h1-21,31H;1-19H/q;+1. The fourth-order valence-corrected chi connectivity index (χ4v) is 14.1. The van der Waals surface area contributed by atoms with Gasteiger partial charge >= 0.3 is 0 Å². The molecule has 0 bridgehead atoms. The number of hydrogen-bond acceptors (Lipinski definition) is 6. The van der Waals surface area contributed by atoms with Crippen LogP contribution in [0.15, 0.2) is 311 Å². The fraction of sp³-hybridized carbons (Fsp3) is 0. The van der Waals surface area contributed by atoms with E-state index in [2.05, 4.69) is 243 Å². The molecule has 61 heavy (non-hydrogen) atoms. The number of hydrogen-bond donors (Lipinski definition) is 1. The van der Waals surface area contributed by atoms with Crippen molar-refractivity contribution in [1.82, 2.24) is 0 Å². The molecule has 0 amide bonds. The summed E-state index contributed by atoms with van der Waals surface area (Å²) in [7, 11) is -0.0786. The third-order valence-corrected chi connectivity index (χ3v) is 17.6. The van der Waals surface area contributed by atoms with Crippen LogP contribution < -0.4 is 0 Å². The lowest BCUT2D eigenvalue weighted by atomic mass is 10.3.